The third kappa shape index (κ3) is 5.54. The number of amides is 3. The number of anilines is 1. The van der Waals surface area contributed by atoms with Crippen molar-refractivity contribution in [3.63, 3.8) is 0 Å². The van der Waals surface area contributed by atoms with Crippen molar-refractivity contribution < 1.29 is 42.5 Å². The van der Waals surface area contributed by atoms with E-state index in [-0.39, 0.29) is 38.3 Å². The predicted octanol–water partition coefficient (Wildman–Crippen LogP) is 4.40. The monoisotopic (exact) mass is 583 g/mol. The number of ether oxygens (including phenoxy) is 3. The number of carboxylic acid groups (broad SMARTS) is 1. The largest absolute Gasteiger partial charge is 0.482 e. The molecular weight excluding hydrogens is 552 g/mol. The minimum Gasteiger partial charge on any atom is -0.482 e. The maximum absolute atomic E-state index is 14.6. The molecule has 222 valence electrons. The average molecular weight is 584 g/mol. The van der Waals surface area contributed by atoms with Gasteiger partial charge in [-0.15, -0.1) is 0 Å². The van der Waals surface area contributed by atoms with Crippen LogP contribution in [0.25, 0.3) is 10.8 Å². The number of hydrogen-bond donors (Lipinski definition) is 2. The highest BCUT2D eigenvalue weighted by molar-refractivity contribution is 6.03. The molecule has 2 heterocycles. The standard InChI is InChI=1S/C30H31F2N3O7/c1-18(34(2)29(38)39)26(36)33-25-27(37)35(22-9-5-6-10-24(22)42-30(25)13-15-40-16-14-30)17-21-20-8-4-3-7-19(20)11-12-23(21)41-28(31)32/h3-12,18,25,28H,13-17H2,1-2H3,(H,33,36)(H,38,39)/t18-,25-/m0/s1. The van der Waals surface area contributed by atoms with Crippen LogP contribution in [0, 0.1) is 0 Å². The number of nitrogens with zero attached hydrogens (tertiary/aromatic N) is 2. The molecule has 0 saturated carbocycles. The fourth-order valence-corrected chi connectivity index (χ4v) is 5.46. The Morgan fingerprint density at radius 3 is 2.52 bits per heavy atom. The molecule has 0 aliphatic carbocycles. The van der Waals surface area contributed by atoms with Crippen LogP contribution in [0.5, 0.6) is 11.5 Å². The lowest BCUT2D eigenvalue weighted by Crippen LogP contribution is -2.65. The van der Waals surface area contributed by atoms with Gasteiger partial charge < -0.3 is 29.5 Å². The highest BCUT2D eigenvalue weighted by atomic mass is 19.3. The number of likely N-dealkylation sites (N-methyl/N-ethyl adjacent to an activating group) is 1. The van der Waals surface area contributed by atoms with Crippen LogP contribution >= 0.6 is 0 Å². The predicted molar refractivity (Wildman–Crippen MR) is 149 cm³/mol. The third-order valence-electron chi connectivity index (χ3n) is 7.93. The SMILES string of the molecule is C[C@@H](C(=O)N[C@H]1C(=O)N(Cc2c(OC(F)F)ccc3ccccc23)c2ccccc2OC12CCOCC2)N(C)C(=O)O. The summed E-state index contributed by atoms with van der Waals surface area (Å²) in [5.41, 5.74) is -0.474. The molecule has 3 aromatic carbocycles. The van der Waals surface area contributed by atoms with E-state index in [1.165, 1.54) is 24.9 Å². The minimum absolute atomic E-state index is 0.0859. The molecule has 42 heavy (non-hydrogen) atoms. The van der Waals surface area contributed by atoms with E-state index >= 15 is 0 Å². The number of fused-ring (bicyclic) bond motifs is 2. The minimum atomic E-state index is -3.09. The van der Waals surface area contributed by atoms with E-state index in [1.54, 1.807) is 42.5 Å². The zero-order valence-electron chi connectivity index (χ0n) is 23.1. The molecule has 1 spiro atoms. The average Bonchev–Trinajstić information content (AvgIpc) is 3.06. The first-order valence-corrected chi connectivity index (χ1v) is 13.5. The summed E-state index contributed by atoms with van der Waals surface area (Å²) in [4.78, 5) is 41.7. The van der Waals surface area contributed by atoms with Gasteiger partial charge in [0, 0.05) is 25.5 Å². The van der Waals surface area contributed by atoms with Gasteiger partial charge in [-0.05, 0) is 35.9 Å². The maximum Gasteiger partial charge on any atom is 0.407 e. The maximum atomic E-state index is 14.6. The van der Waals surface area contributed by atoms with Crippen molar-refractivity contribution in [1.82, 2.24) is 10.2 Å². The first-order valence-electron chi connectivity index (χ1n) is 13.5. The number of carbonyl (C=O) groups excluding carboxylic acids is 2. The Kier molecular flexibility index (Phi) is 8.17. The first kappa shape index (κ1) is 29.1. The second kappa shape index (κ2) is 11.8. The highest BCUT2D eigenvalue weighted by Crippen LogP contribution is 2.42. The number of hydrogen-bond acceptors (Lipinski definition) is 6. The molecule has 2 atom stereocenters. The Balaban J connectivity index is 1.62. The number of para-hydroxylation sites is 2. The number of carbonyl (C=O) groups is 3. The Morgan fingerprint density at radius 2 is 1.81 bits per heavy atom. The smallest absolute Gasteiger partial charge is 0.407 e. The van der Waals surface area contributed by atoms with Crippen molar-refractivity contribution in [3.05, 3.63) is 66.2 Å². The molecule has 0 bridgehead atoms. The normalized spacial score (nSPS) is 18.6. The van der Waals surface area contributed by atoms with Crippen molar-refractivity contribution in [3.8, 4) is 11.5 Å². The molecule has 2 aliphatic rings. The quantitative estimate of drug-likeness (QED) is 0.424. The zero-order valence-corrected chi connectivity index (χ0v) is 23.1. The van der Waals surface area contributed by atoms with E-state index in [0.717, 1.165) is 10.3 Å². The van der Waals surface area contributed by atoms with Gasteiger partial charge in [-0.1, -0.05) is 42.5 Å². The number of alkyl halides is 2. The van der Waals surface area contributed by atoms with Gasteiger partial charge in [0.15, 0.2) is 0 Å². The van der Waals surface area contributed by atoms with Gasteiger partial charge in [-0.25, -0.2) is 4.79 Å². The van der Waals surface area contributed by atoms with Crippen LogP contribution in [-0.2, 0) is 20.9 Å². The lowest BCUT2D eigenvalue weighted by molar-refractivity contribution is -0.139. The molecule has 3 aromatic rings. The van der Waals surface area contributed by atoms with Crippen molar-refractivity contribution >= 4 is 34.4 Å². The fraction of sp³-hybridized carbons (Fsp3) is 0.367. The van der Waals surface area contributed by atoms with E-state index in [2.05, 4.69) is 5.32 Å². The summed E-state index contributed by atoms with van der Waals surface area (Å²) in [6, 6.07) is 14.8. The summed E-state index contributed by atoms with van der Waals surface area (Å²) < 4.78 is 44.0. The van der Waals surface area contributed by atoms with Crippen LogP contribution in [0.4, 0.5) is 19.3 Å². The molecule has 1 saturated heterocycles. The van der Waals surface area contributed by atoms with Gasteiger partial charge in [-0.2, -0.15) is 8.78 Å². The van der Waals surface area contributed by atoms with E-state index < -0.39 is 42.2 Å². The molecule has 2 N–H and O–H groups in total. The lowest BCUT2D eigenvalue weighted by atomic mass is 9.84. The van der Waals surface area contributed by atoms with Crippen LogP contribution in [-0.4, -0.2) is 72.5 Å². The topological polar surface area (TPSA) is 118 Å². The van der Waals surface area contributed by atoms with Crippen molar-refractivity contribution in [1.29, 1.82) is 0 Å². The van der Waals surface area contributed by atoms with Gasteiger partial charge in [0.2, 0.25) is 5.91 Å². The van der Waals surface area contributed by atoms with E-state index in [9.17, 15) is 28.3 Å². The van der Waals surface area contributed by atoms with Crippen molar-refractivity contribution in [2.24, 2.45) is 0 Å². The molecular formula is C30H31F2N3O7. The van der Waals surface area contributed by atoms with Gasteiger partial charge in [0.25, 0.3) is 5.91 Å². The molecule has 0 radical (unpaired) electrons. The summed E-state index contributed by atoms with van der Waals surface area (Å²) in [6.07, 6.45) is -0.773. The molecule has 5 rings (SSSR count). The summed E-state index contributed by atoms with van der Waals surface area (Å²) in [5.74, 6) is -0.948. The molecule has 0 unspecified atom stereocenters. The molecule has 3 amide bonds. The highest BCUT2D eigenvalue weighted by Gasteiger charge is 2.52. The fourth-order valence-electron chi connectivity index (χ4n) is 5.46. The van der Waals surface area contributed by atoms with Crippen LogP contribution < -0.4 is 19.7 Å². The van der Waals surface area contributed by atoms with Gasteiger partial charge in [-0.3, -0.25) is 14.5 Å². The van der Waals surface area contributed by atoms with Crippen LogP contribution in [0.3, 0.4) is 0 Å². The second-order valence-corrected chi connectivity index (χ2v) is 10.3. The Labute approximate surface area is 240 Å². The van der Waals surface area contributed by atoms with Gasteiger partial charge >= 0.3 is 12.7 Å². The van der Waals surface area contributed by atoms with Gasteiger partial charge in [0.05, 0.1) is 25.4 Å². The third-order valence-corrected chi connectivity index (χ3v) is 7.93. The number of rotatable bonds is 7. The zero-order chi connectivity index (χ0) is 30.0. The van der Waals surface area contributed by atoms with E-state index in [1.807, 2.05) is 12.1 Å². The molecule has 1 fully saturated rings. The van der Waals surface area contributed by atoms with Crippen LogP contribution in [0.2, 0.25) is 0 Å². The molecule has 10 nitrogen and oxygen atoms in total. The molecule has 12 heteroatoms. The Morgan fingerprint density at radius 1 is 1.12 bits per heavy atom. The van der Waals surface area contributed by atoms with Crippen LogP contribution in [0.15, 0.2) is 60.7 Å². The number of benzene rings is 3. The van der Waals surface area contributed by atoms with Crippen molar-refractivity contribution in [2.75, 3.05) is 25.2 Å². The van der Waals surface area contributed by atoms with Crippen LogP contribution in [0.1, 0.15) is 25.3 Å². The summed E-state index contributed by atoms with van der Waals surface area (Å²) in [5, 5.41) is 13.6. The van der Waals surface area contributed by atoms with Gasteiger partial charge in [0.1, 0.15) is 29.2 Å². The number of nitrogens with one attached hydrogen (secondary N) is 1. The Hall–Kier alpha value is -4.45. The van der Waals surface area contributed by atoms with E-state index in [0.29, 0.717) is 22.4 Å². The molecule has 2 aliphatic heterocycles. The number of halogens is 2. The molecule has 0 aromatic heterocycles. The summed E-state index contributed by atoms with van der Waals surface area (Å²) >= 11 is 0. The second-order valence-electron chi connectivity index (χ2n) is 10.3. The lowest BCUT2D eigenvalue weighted by Gasteiger charge is -2.42. The first-order chi connectivity index (χ1) is 20.1. The summed E-state index contributed by atoms with van der Waals surface area (Å²) in [7, 11) is 1.26. The summed E-state index contributed by atoms with van der Waals surface area (Å²) in [6.45, 7) is -1.32. The van der Waals surface area contributed by atoms with E-state index in [4.69, 9.17) is 14.2 Å². The van der Waals surface area contributed by atoms with Crippen molar-refractivity contribution in [2.45, 2.75) is 50.6 Å². The Bertz CT molecular complexity index is 1490.